The molecule has 0 aromatic heterocycles. The number of carbonyl (C=O) groups excluding carboxylic acids is 1. The van der Waals surface area contributed by atoms with Crippen LogP contribution in [-0.2, 0) is 4.74 Å². The van der Waals surface area contributed by atoms with Crippen molar-refractivity contribution in [3.63, 3.8) is 0 Å². The highest BCUT2D eigenvalue weighted by Crippen LogP contribution is 2.39. The molecule has 0 aliphatic carbocycles. The molecule has 1 aromatic rings. The van der Waals surface area contributed by atoms with Crippen LogP contribution in [0.5, 0.6) is 5.75 Å². The number of quaternary nitrogens is 1. The van der Waals surface area contributed by atoms with Gasteiger partial charge in [0.15, 0.2) is 0 Å². The van der Waals surface area contributed by atoms with E-state index in [0.717, 1.165) is 0 Å². The molecule has 112 valence electrons. The second-order valence-electron chi connectivity index (χ2n) is 5.84. The van der Waals surface area contributed by atoms with Crippen molar-refractivity contribution in [2.24, 2.45) is 0 Å². The topological polar surface area (TPSA) is 76.0 Å². The fraction of sp³-hybridized carbons (Fsp3) is 0.357. The molecule has 1 aromatic carbocycles. The summed E-state index contributed by atoms with van der Waals surface area (Å²) < 4.78 is 9.65. The monoisotopic (exact) mass is 292 g/mol. The first-order valence-electron chi connectivity index (χ1n) is 6.56. The van der Waals surface area contributed by atoms with Crippen LogP contribution >= 0.6 is 0 Å². The third kappa shape index (κ3) is 2.67. The summed E-state index contributed by atoms with van der Waals surface area (Å²) in [5.41, 5.74) is 0.369. The van der Waals surface area contributed by atoms with E-state index >= 15 is 0 Å². The summed E-state index contributed by atoms with van der Waals surface area (Å²) in [5.74, 6) is 0.620. The molecule has 0 radical (unpaired) electrons. The molecule has 1 atom stereocenters. The number of hydrogen-bond donors (Lipinski definition) is 2. The molecule has 1 heterocycles. The number of benzene rings is 1. The second-order valence-corrected chi connectivity index (χ2v) is 5.84. The van der Waals surface area contributed by atoms with E-state index in [1.165, 1.54) is 13.3 Å². The van der Waals surface area contributed by atoms with Gasteiger partial charge in [-0.15, -0.1) is 0 Å². The summed E-state index contributed by atoms with van der Waals surface area (Å²) in [7, 11) is -0.414. The number of hydrogen-bond acceptors (Lipinski definition) is 5. The lowest BCUT2D eigenvalue weighted by molar-refractivity contribution is 0.0407. The minimum Gasteiger partial charge on any atom is -0.497 e. The third-order valence-electron chi connectivity index (χ3n) is 3.18. The van der Waals surface area contributed by atoms with Crippen LogP contribution in [0.15, 0.2) is 24.4 Å². The Bertz CT molecular complexity index is 594. The van der Waals surface area contributed by atoms with E-state index in [1.807, 2.05) is 0 Å². The van der Waals surface area contributed by atoms with E-state index in [2.05, 4.69) is 0 Å². The molecule has 21 heavy (non-hydrogen) atoms. The van der Waals surface area contributed by atoms with Crippen molar-refractivity contribution < 1.29 is 24.3 Å². The number of carbonyl (C=O) groups is 1. The van der Waals surface area contributed by atoms with Gasteiger partial charge in [-0.05, 0) is 32.9 Å². The Morgan fingerprint density at radius 3 is 2.48 bits per heavy atom. The van der Waals surface area contributed by atoms with Gasteiger partial charge in [0.1, 0.15) is 17.0 Å². The minimum atomic E-state index is -1.95. The number of ether oxygens (including phenoxy) is 2. The van der Waals surface area contributed by atoms with Gasteiger partial charge in [0, 0.05) is 17.7 Å². The molecule has 0 fully saturated rings. The van der Waals surface area contributed by atoms with Crippen LogP contribution in [0.25, 0.3) is 6.08 Å². The fourth-order valence-corrected chi connectivity index (χ4v) is 2.20. The Morgan fingerprint density at radius 2 is 1.95 bits per heavy atom. The average molecular weight is 292 g/mol. The number of amides is 1. The van der Waals surface area contributed by atoms with Gasteiger partial charge in [-0.25, -0.2) is 0 Å². The molecule has 7 heteroatoms. The second kappa shape index (κ2) is 5.18. The van der Waals surface area contributed by atoms with Gasteiger partial charge in [-0.3, -0.25) is 0 Å². The lowest BCUT2D eigenvalue weighted by atomic mass is 9.99. The van der Waals surface area contributed by atoms with E-state index in [4.69, 9.17) is 9.47 Å². The first-order chi connectivity index (χ1) is 9.70. The average Bonchev–Trinajstić information content (AvgIpc) is 2.76. The van der Waals surface area contributed by atoms with Gasteiger partial charge in [0.25, 0.3) is 0 Å². The highest BCUT2D eigenvalue weighted by Gasteiger charge is 2.56. The highest BCUT2D eigenvalue weighted by molar-refractivity contribution is 6.50. The zero-order valence-corrected chi connectivity index (χ0v) is 12.5. The van der Waals surface area contributed by atoms with Crippen molar-refractivity contribution in [2.75, 3.05) is 7.11 Å². The van der Waals surface area contributed by atoms with Gasteiger partial charge in [-0.2, -0.15) is 9.19 Å². The lowest BCUT2D eigenvalue weighted by Gasteiger charge is -2.30. The van der Waals surface area contributed by atoms with Crippen LogP contribution < -0.4 is 9.13 Å². The van der Waals surface area contributed by atoms with E-state index in [0.29, 0.717) is 17.0 Å². The summed E-state index contributed by atoms with van der Waals surface area (Å²) >= 11 is 0. The zero-order chi connectivity index (χ0) is 15.8. The molecule has 0 saturated heterocycles. The van der Waals surface area contributed by atoms with Crippen molar-refractivity contribution in [3.8, 4) is 5.75 Å². The fourth-order valence-electron chi connectivity index (χ4n) is 2.20. The van der Waals surface area contributed by atoms with Crippen LogP contribution in [0, 0.1) is 0 Å². The van der Waals surface area contributed by atoms with Crippen LogP contribution in [-0.4, -0.2) is 36.1 Å². The molecule has 1 aliphatic heterocycles. The minimum absolute atomic E-state index is 0.431. The standard InChI is InChI=1S/C14H19BNO5/c1-14(2,3)21-13(17)16(15(18)19)8-7-10-9-11(20-4)5-6-12(10)16/h5-9,18-19H,1-4H3/q+1. The molecular formula is C14H19BNO5+. The molecule has 1 aliphatic rings. The van der Waals surface area contributed by atoms with Gasteiger partial charge < -0.3 is 19.5 Å². The smallest absolute Gasteiger partial charge is 0.497 e. The maximum atomic E-state index is 12.5. The molecule has 2 rings (SSSR count). The summed E-state index contributed by atoms with van der Waals surface area (Å²) in [6.45, 7) is 5.17. The summed E-state index contributed by atoms with van der Waals surface area (Å²) in [5, 5.41) is 19.6. The molecule has 6 nitrogen and oxygen atoms in total. The van der Waals surface area contributed by atoms with Gasteiger partial charge in [0.05, 0.1) is 13.3 Å². The van der Waals surface area contributed by atoms with Crippen LogP contribution in [0.2, 0.25) is 0 Å². The van der Waals surface area contributed by atoms with Gasteiger partial charge in [0.2, 0.25) is 0 Å². The molecular weight excluding hydrogens is 273 g/mol. The SMILES string of the molecule is COc1ccc2c(c1)C=C[N+]2(B(O)O)C(=O)OC(C)(C)C. The van der Waals surface area contributed by atoms with Crippen LogP contribution in [0.3, 0.4) is 0 Å². The van der Waals surface area contributed by atoms with Gasteiger partial charge in [-0.1, -0.05) is 0 Å². The summed E-state index contributed by atoms with van der Waals surface area (Å²) in [4.78, 5) is 12.5. The number of methoxy groups -OCH3 is 1. The van der Waals surface area contributed by atoms with E-state index in [1.54, 1.807) is 45.0 Å². The Morgan fingerprint density at radius 1 is 1.29 bits per heavy atom. The first-order valence-corrected chi connectivity index (χ1v) is 6.56. The Hall–Kier alpha value is -1.83. The molecule has 0 bridgehead atoms. The number of fused-ring (bicyclic) bond motifs is 1. The molecule has 1 unspecified atom stereocenters. The van der Waals surface area contributed by atoms with Crippen molar-refractivity contribution in [3.05, 3.63) is 30.0 Å². The molecule has 0 saturated carbocycles. The van der Waals surface area contributed by atoms with Crippen LogP contribution in [0.4, 0.5) is 10.5 Å². The summed E-state index contributed by atoms with van der Waals surface area (Å²) in [6.07, 6.45) is 2.29. The maximum Gasteiger partial charge on any atom is 0.775 e. The first kappa shape index (κ1) is 15.6. The Balaban J connectivity index is 2.49. The van der Waals surface area contributed by atoms with E-state index in [-0.39, 0.29) is 0 Å². The quantitative estimate of drug-likeness (QED) is 0.814. The third-order valence-corrected chi connectivity index (χ3v) is 3.18. The van der Waals surface area contributed by atoms with Crippen molar-refractivity contribution >= 4 is 25.1 Å². The predicted octanol–water partition coefficient (Wildman–Crippen LogP) is 1.89. The van der Waals surface area contributed by atoms with E-state index in [9.17, 15) is 14.8 Å². The predicted molar refractivity (Wildman–Crippen MR) is 80.2 cm³/mol. The molecule has 2 N–H and O–H groups in total. The van der Waals surface area contributed by atoms with E-state index < -0.39 is 23.3 Å². The maximum absolute atomic E-state index is 12.5. The Kier molecular flexibility index (Phi) is 3.84. The number of rotatable bonds is 2. The van der Waals surface area contributed by atoms with Crippen molar-refractivity contribution in [1.29, 1.82) is 0 Å². The molecule has 1 amide bonds. The molecule has 0 spiro atoms. The summed E-state index contributed by atoms with van der Waals surface area (Å²) in [6, 6.07) is 5.00. The Labute approximate surface area is 124 Å². The highest BCUT2D eigenvalue weighted by atomic mass is 16.6. The van der Waals surface area contributed by atoms with Gasteiger partial charge >= 0.3 is 13.3 Å². The lowest BCUT2D eigenvalue weighted by Crippen LogP contribution is -2.60. The largest absolute Gasteiger partial charge is 0.775 e. The zero-order valence-electron chi connectivity index (χ0n) is 12.5. The van der Waals surface area contributed by atoms with Crippen LogP contribution in [0.1, 0.15) is 26.3 Å². The van der Waals surface area contributed by atoms with Crippen molar-refractivity contribution in [1.82, 2.24) is 4.39 Å². The number of nitrogens with zero attached hydrogens (tertiary/aromatic N) is 1. The normalized spacial score (nSPS) is 20.1. The van der Waals surface area contributed by atoms with Crippen molar-refractivity contribution in [2.45, 2.75) is 26.4 Å².